The first-order valence-electron chi connectivity index (χ1n) is 10.3. The third-order valence-electron chi connectivity index (χ3n) is 6.85. The molecule has 0 bridgehead atoms. The van der Waals surface area contributed by atoms with Crippen molar-refractivity contribution in [3.8, 4) is 0 Å². The van der Waals surface area contributed by atoms with Crippen molar-refractivity contribution < 1.29 is 9.47 Å². The first-order chi connectivity index (χ1) is 13.5. The number of quaternary nitrogens is 1. The lowest BCUT2D eigenvalue weighted by atomic mass is 9.73. The lowest BCUT2D eigenvalue weighted by molar-refractivity contribution is -0.0260. The number of ether oxygens (including phenoxy) is 2. The van der Waals surface area contributed by atoms with Gasteiger partial charge in [-0.15, -0.1) is 0 Å². The molecule has 2 aromatic rings. The van der Waals surface area contributed by atoms with E-state index < -0.39 is 0 Å². The summed E-state index contributed by atoms with van der Waals surface area (Å²) >= 11 is 0. The van der Waals surface area contributed by atoms with Crippen LogP contribution in [0.5, 0.6) is 0 Å². The van der Waals surface area contributed by atoms with Gasteiger partial charge in [0.25, 0.3) is 0 Å². The fourth-order valence-corrected chi connectivity index (χ4v) is 5.56. The summed E-state index contributed by atoms with van der Waals surface area (Å²) in [4.78, 5) is 0. The second-order valence-electron chi connectivity index (χ2n) is 8.61. The van der Waals surface area contributed by atoms with Crippen molar-refractivity contribution in [2.75, 3.05) is 34.9 Å². The maximum absolute atomic E-state index is 6.36. The quantitative estimate of drug-likeness (QED) is 0.652. The van der Waals surface area contributed by atoms with Gasteiger partial charge in [0.1, 0.15) is 11.3 Å². The molecule has 0 saturated heterocycles. The number of likely N-dealkylation sites (N-methyl/N-ethyl adjacent to an activating group) is 1. The fraction of sp³-hybridized carbons (Fsp3) is 0.440. The summed E-state index contributed by atoms with van der Waals surface area (Å²) in [5, 5.41) is 0. The molecule has 1 aliphatic carbocycles. The number of fused-ring (bicyclic) bond motifs is 1. The van der Waals surface area contributed by atoms with Gasteiger partial charge in [-0.25, -0.2) is 0 Å². The molecule has 3 nitrogen and oxygen atoms in total. The Morgan fingerprint density at radius 1 is 0.929 bits per heavy atom. The van der Waals surface area contributed by atoms with E-state index in [9.17, 15) is 0 Å². The topological polar surface area (TPSA) is 18.5 Å². The number of hydrogen-bond donors (Lipinski definition) is 0. The number of methoxy groups -OCH3 is 2. The summed E-state index contributed by atoms with van der Waals surface area (Å²) in [7, 11) is 8.27. The van der Waals surface area contributed by atoms with Crippen LogP contribution in [0.1, 0.15) is 42.7 Å². The van der Waals surface area contributed by atoms with Crippen LogP contribution in [0.25, 0.3) is 5.57 Å². The molecule has 3 heteroatoms. The first-order valence-corrected chi connectivity index (χ1v) is 10.3. The van der Waals surface area contributed by atoms with Crippen molar-refractivity contribution in [1.82, 2.24) is 4.48 Å². The molecule has 1 saturated carbocycles. The third kappa shape index (κ3) is 3.02. The molecule has 0 radical (unpaired) electrons. The van der Waals surface area contributed by atoms with E-state index in [0.717, 1.165) is 30.2 Å². The minimum atomic E-state index is -0.234. The number of para-hydroxylation sites is 1. The Bertz CT molecular complexity index is 861. The van der Waals surface area contributed by atoms with Crippen LogP contribution in [0.15, 0.2) is 60.3 Å². The molecule has 1 fully saturated rings. The number of rotatable bonds is 5. The largest absolute Gasteiger partial charge is 0.380 e. The SMILES string of the molecule is COCC1=C(C2(OC)CCC(c3ccccc3)CC2)[N+](C)(C)c2ccccc21. The molecule has 0 aromatic heterocycles. The summed E-state index contributed by atoms with van der Waals surface area (Å²) in [5.41, 5.74) is 6.56. The maximum Gasteiger partial charge on any atom is 0.152 e. The predicted octanol–water partition coefficient (Wildman–Crippen LogP) is 5.37. The monoisotopic (exact) mass is 378 g/mol. The fourth-order valence-electron chi connectivity index (χ4n) is 5.56. The van der Waals surface area contributed by atoms with E-state index in [1.165, 1.54) is 28.1 Å². The Morgan fingerprint density at radius 3 is 2.21 bits per heavy atom. The van der Waals surface area contributed by atoms with Crippen molar-refractivity contribution in [1.29, 1.82) is 0 Å². The number of hydrogen-bond acceptors (Lipinski definition) is 2. The van der Waals surface area contributed by atoms with E-state index >= 15 is 0 Å². The van der Waals surface area contributed by atoms with Crippen LogP contribution < -0.4 is 4.48 Å². The van der Waals surface area contributed by atoms with Crippen LogP contribution >= 0.6 is 0 Å². The summed E-state index contributed by atoms with van der Waals surface area (Å²) in [6.45, 7) is 0.626. The highest BCUT2D eigenvalue weighted by atomic mass is 16.5. The van der Waals surface area contributed by atoms with Gasteiger partial charge in [-0.05, 0) is 43.2 Å². The van der Waals surface area contributed by atoms with Crippen LogP contribution in [-0.2, 0) is 9.47 Å². The zero-order valence-corrected chi connectivity index (χ0v) is 17.6. The Hall–Kier alpha value is -1.94. The molecule has 148 valence electrons. The average Bonchev–Trinajstić information content (AvgIpc) is 2.96. The van der Waals surface area contributed by atoms with Crippen molar-refractivity contribution in [3.05, 3.63) is 71.4 Å². The van der Waals surface area contributed by atoms with Gasteiger partial charge in [-0.3, -0.25) is 4.48 Å². The summed E-state index contributed by atoms with van der Waals surface area (Å²) in [5.74, 6) is 0.621. The van der Waals surface area contributed by atoms with Gasteiger partial charge in [-0.2, -0.15) is 0 Å². The average molecular weight is 379 g/mol. The van der Waals surface area contributed by atoms with Gasteiger partial charge in [0.2, 0.25) is 0 Å². The van der Waals surface area contributed by atoms with Crippen LogP contribution in [0.4, 0.5) is 5.69 Å². The summed E-state index contributed by atoms with van der Waals surface area (Å²) in [6, 6.07) is 19.7. The van der Waals surface area contributed by atoms with Gasteiger partial charge in [0, 0.05) is 25.8 Å². The molecule has 28 heavy (non-hydrogen) atoms. The molecule has 1 heterocycles. The molecule has 0 N–H and O–H groups in total. The van der Waals surface area contributed by atoms with Crippen LogP contribution in [0.2, 0.25) is 0 Å². The molecule has 0 amide bonds. The molecular formula is C25H32NO2+. The zero-order valence-electron chi connectivity index (χ0n) is 17.6. The third-order valence-corrected chi connectivity index (χ3v) is 6.85. The summed E-state index contributed by atoms with van der Waals surface area (Å²) < 4.78 is 12.8. The van der Waals surface area contributed by atoms with E-state index in [4.69, 9.17) is 9.47 Å². The molecule has 2 aliphatic rings. The predicted molar refractivity (Wildman–Crippen MR) is 116 cm³/mol. The molecule has 4 rings (SSSR count). The maximum atomic E-state index is 6.36. The lowest BCUT2D eigenvalue weighted by Gasteiger charge is -2.44. The Morgan fingerprint density at radius 2 is 1.57 bits per heavy atom. The van der Waals surface area contributed by atoms with Crippen molar-refractivity contribution >= 4 is 11.3 Å². The number of benzene rings is 2. The highest BCUT2D eigenvalue weighted by Gasteiger charge is 2.53. The Balaban J connectivity index is 1.72. The normalized spacial score (nSPS) is 26.4. The minimum absolute atomic E-state index is 0.234. The van der Waals surface area contributed by atoms with Gasteiger partial charge < -0.3 is 9.47 Å². The van der Waals surface area contributed by atoms with Gasteiger partial charge in [-0.1, -0.05) is 42.5 Å². The molecule has 1 aliphatic heterocycles. The Kier molecular flexibility index (Phi) is 5.17. The van der Waals surface area contributed by atoms with Crippen molar-refractivity contribution in [2.45, 2.75) is 37.2 Å². The van der Waals surface area contributed by atoms with E-state index in [-0.39, 0.29) is 5.60 Å². The highest BCUT2D eigenvalue weighted by Crippen LogP contribution is 2.53. The molecule has 2 aromatic carbocycles. The van der Waals surface area contributed by atoms with Crippen molar-refractivity contribution in [2.24, 2.45) is 0 Å². The second-order valence-corrected chi connectivity index (χ2v) is 8.61. The number of nitrogens with zero attached hydrogens (tertiary/aromatic N) is 1. The minimum Gasteiger partial charge on any atom is -0.380 e. The van der Waals surface area contributed by atoms with Gasteiger partial charge in [0.05, 0.1) is 26.3 Å². The van der Waals surface area contributed by atoms with Gasteiger partial charge in [0.15, 0.2) is 5.70 Å². The first kappa shape index (κ1) is 19.4. The Labute approximate surface area is 169 Å². The molecule has 0 atom stereocenters. The summed E-state index contributed by atoms with van der Waals surface area (Å²) in [6.07, 6.45) is 4.39. The van der Waals surface area contributed by atoms with E-state index in [1.807, 2.05) is 7.11 Å². The standard InChI is InChI=1S/C25H32NO2/c1-26(2)23-13-9-8-12-21(23)22(18-27-3)24(26)25(28-4)16-14-20(15-17-25)19-10-6-5-7-11-19/h5-13,20H,14-18H2,1-4H3/q+1. The van der Waals surface area contributed by atoms with Crippen LogP contribution in [-0.4, -0.2) is 40.5 Å². The van der Waals surface area contributed by atoms with Crippen LogP contribution in [0.3, 0.4) is 0 Å². The van der Waals surface area contributed by atoms with E-state index in [1.54, 1.807) is 7.11 Å². The zero-order chi connectivity index (χ0) is 19.8. The van der Waals surface area contributed by atoms with Crippen LogP contribution in [0, 0.1) is 0 Å². The molecular weight excluding hydrogens is 346 g/mol. The van der Waals surface area contributed by atoms with Crippen molar-refractivity contribution in [3.63, 3.8) is 0 Å². The molecule has 0 unspecified atom stereocenters. The lowest BCUT2D eigenvalue weighted by Crippen LogP contribution is -2.51. The molecule has 0 spiro atoms. The second kappa shape index (κ2) is 7.47. The van der Waals surface area contributed by atoms with E-state index in [2.05, 4.69) is 68.7 Å². The smallest absolute Gasteiger partial charge is 0.152 e. The van der Waals surface area contributed by atoms with Gasteiger partial charge >= 0.3 is 0 Å². The highest BCUT2D eigenvalue weighted by molar-refractivity contribution is 5.87. The van der Waals surface area contributed by atoms with E-state index in [0.29, 0.717) is 12.5 Å².